The highest BCUT2D eigenvalue weighted by Crippen LogP contribution is 2.23. The lowest BCUT2D eigenvalue weighted by molar-refractivity contribution is -0.384. The molecule has 0 fully saturated rings. The zero-order valence-corrected chi connectivity index (χ0v) is 11.8. The normalized spacial score (nSPS) is 12.5. The molecule has 6 heteroatoms. The number of nitrogens with one attached hydrogen (secondary N) is 1. The summed E-state index contributed by atoms with van der Waals surface area (Å²) >= 11 is 0. The van der Waals surface area contributed by atoms with Gasteiger partial charge in [-0.25, -0.2) is 0 Å². The zero-order chi connectivity index (χ0) is 14.4. The van der Waals surface area contributed by atoms with Gasteiger partial charge < -0.3 is 15.0 Å². The van der Waals surface area contributed by atoms with E-state index in [9.17, 15) is 10.1 Å². The van der Waals surface area contributed by atoms with Crippen LogP contribution in [-0.4, -0.2) is 43.6 Å². The Morgan fingerprint density at radius 3 is 2.68 bits per heavy atom. The standard InChI is InChI=1S/C13H21N3O3/c1-10(15(2)3)8-14-9-11-7-12(16(17)18)5-6-13(11)19-4/h5-7,10,14H,8-9H2,1-4H3. The second-order valence-corrected chi connectivity index (χ2v) is 4.70. The zero-order valence-electron chi connectivity index (χ0n) is 11.8. The fourth-order valence-corrected chi connectivity index (χ4v) is 1.62. The SMILES string of the molecule is COc1ccc([N+](=O)[O-])cc1CNCC(C)N(C)C. The summed E-state index contributed by atoms with van der Waals surface area (Å²) in [7, 11) is 5.59. The van der Waals surface area contributed by atoms with Gasteiger partial charge in [-0.2, -0.15) is 0 Å². The largest absolute Gasteiger partial charge is 0.496 e. The van der Waals surface area contributed by atoms with E-state index in [-0.39, 0.29) is 5.69 Å². The van der Waals surface area contributed by atoms with Gasteiger partial charge >= 0.3 is 0 Å². The number of ether oxygens (including phenoxy) is 1. The quantitative estimate of drug-likeness (QED) is 0.601. The topological polar surface area (TPSA) is 67.6 Å². The van der Waals surface area contributed by atoms with Crippen molar-refractivity contribution in [3.63, 3.8) is 0 Å². The lowest BCUT2D eigenvalue weighted by Crippen LogP contribution is -2.35. The van der Waals surface area contributed by atoms with Crippen LogP contribution >= 0.6 is 0 Å². The van der Waals surface area contributed by atoms with Gasteiger partial charge in [-0.1, -0.05) is 0 Å². The van der Waals surface area contributed by atoms with Crippen molar-refractivity contribution in [1.82, 2.24) is 10.2 Å². The van der Waals surface area contributed by atoms with Crippen LogP contribution in [0.1, 0.15) is 12.5 Å². The Bertz CT molecular complexity index is 435. The van der Waals surface area contributed by atoms with Crippen LogP contribution in [0.3, 0.4) is 0 Å². The Morgan fingerprint density at radius 2 is 2.16 bits per heavy atom. The molecule has 1 aromatic rings. The number of nitro groups is 1. The molecule has 1 atom stereocenters. The highest BCUT2D eigenvalue weighted by atomic mass is 16.6. The van der Waals surface area contributed by atoms with Crippen LogP contribution in [0.15, 0.2) is 18.2 Å². The van der Waals surface area contributed by atoms with Crippen LogP contribution < -0.4 is 10.1 Å². The highest BCUT2D eigenvalue weighted by molar-refractivity contribution is 5.43. The highest BCUT2D eigenvalue weighted by Gasteiger charge is 2.11. The van der Waals surface area contributed by atoms with Crippen molar-refractivity contribution in [3.05, 3.63) is 33.9 Å². The molecule has 1 rings (SSSR count). The van der Waals surface area contributed by atoms with E-state index < -0.39 is 4.92 Å². The van der Waals surface area contributed by atoms with Gasteiger partial charge in [0.05, 0.1) is 12.0 Å². The van der Waals surface area contributed by atoms with E-state index >= 15 is 0 Å². The summed E-state index contributed by atoms with van der Waals surface area (Å²) in [6, 6.07) is 5.02. The van der Waals surface area contributed by atoms with Gasteiger partial charge in [0, 0.05) is 36.8 Å². The molecular weight excluding hydrogens is 246 g/mol. The molecule has 0 spiro atoms. The van der Waals surface area contributed by atoms with Crippen LogP contribution in [0.25, 0.3) is 0 Å². The molecular formula is C13H21N3O3. The monoisotopic (exact) mass is 267 g/mol. The molecule has 1 unspecified atom stereocenters. The molecule has 6 nitrogen and oxygen atoms in total. The van der Waals surface area contributed by atoms with Crippen molar-refractivity contribution in [2.24, 2.45) is 0 Å². The Labute approximate surface area is 113 Å². The second kappa shape index (κ2) is 7.06. The van der Waals surface area contributed by atoms with Gasteiger partial charge in [-0.3, -0.25) is 10.1 Å². The van der Waals surface area contributed by atoms with Crippen LogP contribution in [-0.2, 0) is 6.54 Å². The van der Waals surface area contributed by atoms with Crippen molar-refractivity contribution < 1.29 is 9.66 Å². The van der Waals surface area contributed by atoms with E-state index in [2.05, 4.69) is 17.1 Å². The number of benzene rings is 1. The summed E-state index contributed by atoms with van der Waals surface area (Å²) < 4.78 is 5.21. The first-order chi connectivity index (χ1) is 8.95. The van der Waals surface area contributed by atoms with Crippen LogP contribution in [0.4, 0.5) is 5.69 Å². The lowest BCUT2D eigenvalue weighted by Gasteiger charge is -2.20. The summed E-state index contributed by atoms with van der Waals surface area (Å²) in [5.74, 6) is 0.663. The Morgan fingerprint density at radius 1 is 1.47 bits per heavy atom. The molecule has 0 amide bonds. The van der Waals surface area contributed by atoms with E-state index in [1.165, 1.54) is 6.07 Å². The summed E-state index contributed by atoms with van der Waals surface area (Å²) in [6.45, 7) is 3.46. The van der Waals surface area contributed by atoms with Crippen molar-refractivity contribution in [3.8, 4) is 5.75 Å². The molecule has 0 aliphatic carbocycles. The fourth-order valence-electron chi connectivity index (χ4n) is 1.62. The van der Waals surface area contributed by atoms with E-state index in [0.29, 0.717) is 18.3 Å². The van der Waals surface area contributed by atoms with Gasteiger partial charge in [0.25, 0.3) is 5.69 Å². The average molecular weight is 267 g/mol. The predicted molar refractivity (Wildman–Crippen MR) is 74.5 cm³/mol. The second-order valence-electron chi connectivity index (χ2n) is 4.70. The van der Waals surface area contributed by atoms with Crippen molar-refractivity contribution >= 4 is 5.69 Å². The van der Waals surface area contributed by atoms with Gasteiger partial charge in [0.2, 0.25) is 0 Å². The molecule has 0 aliphatic heterocycles. The smallest absolute Gasteiger partial charge is 0.270 e. The number of rotatable bonds is 7. The molecule has 0 aromatic heterocycles. The predicted octanol–water partition coefficient (Wildman–Crippen LogP) is 1.64. The first kappa shape index (κ1) is 15.4. The molecule has 19 heavy (non-hydrogen) atoms. The number of likely N-dealkylation sites (N-methyl/N-ethyl adjacent to an activating group) is 1. The minimum Gasteiger partial charge on any atom is -0.496 e. The minimum atomic E-state index is -0.397. The van der Waals surface area contributed by atoms with E-state index in [1.54, 1.807) is 19.2 Å². The maximum absolute atomic E-state index is 10.8. The Hall–Kier alpha value is -1.66. The van der Waals surface area contributed by atoms with Gasteiger partial charge in [0.1, 0.15) is 5.75 Å². The Kier molecular flexibility index (Phi) is 5.72. The molecule has 0 bridgehead atoms. The summed E-state index contributed by atoms with van der Waals surface area (Å²) in [4.78, 5) is 12.5. The molecule has 0 saturated heterocycles. The third kappa shape index (κ3) is 4.50. The third-order valence-electron chi connectivity index (χ3n) is 3.11. The molecule has 0 heterocycles. The molecule has 0 aliphatic rings. The fraction of sp³-hybridized carbons (Fsp3) is 0.538. The summed E-state index contributed by atoms with van der Waals surface area (Å²) in [6.07, 6.45) is 0. The third-order valence-corrected chi connectivity index (χ3v) is 3.11. The van der Waals surface area contributed by atoms with Gasteiger partial charge in [-0.15, -0.1) is 0 Å². The van der Waals surface area contributed by atoms with Crippen molar-refractivity contribution in [2.45, 2.75) is 19.5 Å². The average Bonchev–Trinajstić information content (AvgIpc) is 2.38. The molecule has 0 radical (unpaired) electrons. The maximum atomic E-state index is 10.8. The molecule has 106 valence electrons. The van der Waals surface area contributed by atoms with E-state index in [0.717, 1.165) is 12.1 Å². The van der Waals surface area contributed by atoms with E-state index in [1.807, 2.05) is 14.1 Å². The summed E-state index contributed by atoms with van der Waals surface area (Å²) in [5.41, 5.74) is 0.876. The first-order valence-corrected chi connectivity index (χ1v) is 6.14. The minimum absolute atomic E-state index is 0.0817. The molecule has 0 saturated carbocycles. The lowest BCUT2D eigenvalue weighted by atomic mass is 10.1. The van der Waals surface area contributed by atoms with Gasteiger partial charge in [-0.05, 0) is 27.1 Å². The first-order valence-electron chi connectivity index (χ1n) is 6.14. The maximum Gasteiger partial charge on any atom is 0.270 e. The number of nitro benzene ring substituents is 1. The number of methoxy groups -OCH3 is 1. The molecule has 1 N–H and O–H groups in total. The van der Waals surface area contributed by atoms with Crippen molar-refractivity contribution in [2.75, 3.05) is 27.7 Å². The number of non-ortho nitro benzene ring substituents is 1. The Balaban J connectivity index is 2.70. The summed E-state index contributed by atoms with van der Waals surface area (Å²) in [5, 5.41) is 14.0. The van der Waals surface area contributed by atoms with Gasteiger partial charge in [0.15, 0.2) is 0 Å². The number of hydrogen-bond acceptors (Lipinski definition) is 5. The van der Waals surface area contributed by atoms with Crippen molar-refractivity contribution in [1.29, 1.82) is 0 Å². The molecule has 1 aromatic carbocycles. The number of nitrogens with zero attached hydrogens (tertiary/aromatic N) is 2. The van der Waals surface area contributed by atoms with Crippen LogP contribution in [0.2, 0.25) is 0 Å². The van der Waals surface area contributed by atoms with E-state index in [4.69, 9.17) is 4.74 Å². The van der Waals surface area contributed by atoms with Crippen LogP contribution in [0.5, 0.6) is 5.75 Å². The number of hydrogen-bond donors (Lipinski definition) is 1. The van der Waals surface area contributed by atoms with Crippen LogP contribution in [0, 0.1) is 10.1 Å².